The molecule has 28 heavy (non-hydrogen) atoms. The topological polar surface area (TPSA) is 46.0 Å². The molecular weight excluding hydrogens is 366 g/mol. The molecule has 0 aromatic carbocycles. The summed E-state index contributed by atoms with van der Waals surface area (Å²) >= 11 is 5.74. The van der Waals surface area contributed by atoms with E-state index in [1.807, 2.05) is 42.9 Å². The van der Waals surface area contributed by atoms with Crippen LogP contribution in [0.1, 0.15) is 49.7 Å². The smallest absolute Gasteiger partial charge is 0.170 e. The summed E-state index contributed by atoms with van der Waals surface area (Å²) in [6.07, 6.45) is 9.86. The highest BCUT2D eigenvalue weighted by atomic mass is 32.1. The lowest BCUT2D eigenvalue weighted by Crippen LogP contribution is -2.29. The van der Waals surface area contributed by atoms with Gasteiger partial charge in [0.05, 0.1) is 17.8 Å². The molecule has 6 heteroatoms. The van der Waals surface area contributed by atoms with Gasteiger partial charge in [-0.2, -0.15) is 0 Å². The average Bonchev–Trinajstić information content (AvgIpc) is 3.29. The van der Waals surface area contributed by atoms with Gasteiger partial charge in [0.2, 0.25) is 0 Å². The van der Waals surface area contributed by atoms with E-state index in [-0.39, 0.29) is 17.6 Å². The SMILES string of the molecule is CC(C)(C)n1ccc(C2C(c3ccccn3)NC(=S)N2Cc2ccncc2)c1. The number of hydrogen-bond donors (Lipinski definition) is 1. The van der Waals surface area contributed by atoms with Crippen molar-refractivity contribution in [3.05, 3.63) is 84.2 Å². The molecule has 1 N–H and O–H groups in total. The third kappa shape index (κ3) is 3.64. The molecule has 2 unspecified atom stereocenters. The molecule has 144 valence electrons. The first kappa shape index (κ1) is 18.6. The molecule has 3 aromatic heterocycles. The molecule has 0 saturated carbocycles. The van der Waals surface area contributed by atoms with Gasteiger partial charge in [-0.05, 0) is 74.4 Å². The Balaban J connectivity index is 1.74. The van der Waals surface area contributed by atoms with Gasteiger partial charge in [0, 0.05) is 43.1 Å². The fraction of sp³-hybridized carbons (Fsp3) is 0.318. The highest BCUT2D eigenvalue weighted by Crippen LogP contribution is 2.40. The summed E-state index contributed by atoms with van der Waals surface area (Å²) in [5.41, 5.74) is 3.44. The van der Waals surface area contributed by atoms with Gasteiger partial charge >= 0.3 is 0 Å². The molecule has 0 amide bonds. The van der Waals surface area contributed by atoms with Crippen molar-refractivity contribution in [2.75, 3.05) is 0 Å². The first-order chi connectivity index (χ1) is 13.4. The molecule has 1 aliphatic heterocycles. The number of nitrogens with zero attached hydrogens (tertiary/aromatic N) is 4. The summed E-state index contributed by atoms with van der Waals surface area (Å²) in [4.78, 5) is 11.0. The Morgan fingerprint density at radius 3 is 2.50 bits per heavy atom. The van der Waals surface area contributed by atoms with Crippen LogP contribution in [0.4, 0.5) is 0 Å². The van der Waals surface area contributed by atoms with Crippen LogP contribution in [0.5, 0.6) is 0 Å². The molecule has 4 heterocycles. The fourth-order valence-electron chi connectivity index (χ4n) is 3.63. The number of nitrogens with one attached hydrogen (secondary N) is 1. The number of hydrogen-bond acceptors (Lipinski definition) is 3. The van der Waals surface area contributed by atoms with Crippen molar-refractivity contribution >= 4 is 17.3 Å². The summed E-state index contributed by atoms with van der Waals surface area (Å²) < 4.78 is 2.25. The summed E-state index contributed by atoms with van der Waals surface area (Å²) in [6.45, 7) is 7.35. The van der Waals surface area contributed by atoms with Gasteiger partial charge in [0.25, 0.3) is 0 Å². The monoisotopic (exact) mass is 391 g/mol. The molecule has 0 radical (unpaired) electrons. The van der Waals surface area contributed by atoms with E-state index in [0.29, 0.717) is 0 Å². The number of thiocarbonyl (C=S) groups is 1. The number of pyridine rings is 2. The second kappa shape index (κ2) is 7.36. The second-order valence-corrected chi connectivity index (χ2v) is 8.52. The van der Waals surface area contributed by atoms with Crippen LogP contribution in [0.3, 0.4) is 0 Å². The molecule has 1 fully saturated rings. The number of aromatic nitrogens is 3. The van der Waals surface area contributed by atoms with Crippen molar-refractivity contribution < 1.29 is 0 Å². The quantitative estimate of drug-likeness (QED) is 0.675. The standard InChI is InChI=1S/C22H25N5S/c1-22(2,3)26-13-9-17(15-26)20-19(18-6-4-5-10-24-18)25-21(28)27(20)14-16-7-11-23-12-8-16/h4-13,15,19-20H,14H2,1-3H3,(H,25,28). The Bertz CT molecular complexity index is 946. The summed E-state index contributed by atoms with van der Waals surface area (Å²) in [5.74, 6) is 0. The molecule has 0 spiro atoms. The lowest BCUT2D eigenvalue weighted by molar-refractivity contribution is 0.309. The maximum Gasteiger partial charge on any atom is 0.170 e. The van der Waals surface area contributed by atoms with Crippen molar-refractivity contribution in [2.45, 2.75) is 44.9 Å². The third-order valence-electron chi connectivity index (χ3n) is 5.13. The van der Waals surface area contributed by atoms with Gasteiger partial charge in [-0.15, -0.1) is 0 Å². The lowest BCUT2D eigenvalue weighted by Gasteiger charge is -2.28. The van der Waals surface area contributed by atoms with Gasteiger partial charge in [-0.1, -0.05) is 6.07 Å². The molecule has 4 rings (SSSR count). The van der Waals surface area contributed by atoms with E-state index in [0.717, 1.165) is 17.4 Å². The van der Waals surface area contributed by atoms with Gasteiger partial charge in [-0.25, -0.2) is 0 Å². The van der Waals surface area contributed by atoms with Crippen molar-refractivity contribution in [3.8, 4) is 0 Å². The highest BCUT2D eigenvalue weighted by molar-refractivity contribution is 7.80. The zero-order valence-corrected chi connectivity index (χ0v) is 17.2. The van der Waals surface area contributed by atoms with Gasteiger partial charge in [0.15, 0.2) is 5.11 Å². The van der Waals surface area contributed by atoms with E-state index in [4.69, 9.17) is 12.2 Å². The Kier molecular flexibility index (Phi) is 4.89. The van der Waals surface area contributed by atoms with Crippen molar-refractivity contribution in [1.29, 1.82) is 0 Å². The van der Waals surface area contributed by atoms with Crippen LogP contribution in [0.15, 0.2) is 67.4 Å². The van der Waals surface area contributed by atoms with Gasteiger partial charge in [-0.3, -0.25) is 9.97 Å². The van der Waals surface area contributed by atoms with E-state index < -0.39 is 0 Å². The van der Waals surface area contributed by atoms with Crippen LogP contribution >= 0.6 is 12.2 Å². The van der Waals surface area contributed by atoms with Crippen molar-refractivity contribution in [2.24, 2.45) is 0 Å². The number of rotatable bonds is 4. The minimum absolute atomic E-state index is 0.00588. The highest BCUT2D eigenvalue weighted by Gasteiger charge is 2.40. The molecular formula is C22H25N5S. The summed E-state index contributed by atoms with van der Waals surface area (Å²) in [7, 11) is 0. The van der Waals surface area contributed by atoms with Gasteiger partial charge in [0.1, 0.15) is 0 Å². The predicted molar refractivity (Wildman–Crippen MR) is 115 cm³/mol. The predicted octanol–water partition coefficient (Wildman–Crippen LogP) is 4.21. The lowest BCUT2D eigenvalue weighted by atomic mass is 9.98. The zero-order valence-electron chi connectivity index (χ0n) is 16.4. The maximum atomic E-state index is 5.74. The minimum atomic E-state index is 0.00588. The molecule has 2 atom stereocenters. The minimum Gasteiger partial charge on any atom is -0.352 e. The van der Waals surface area contributed by atoms with Crippen molar-refractivity contribution in [3.63, 3.8) is 0 Å². The van der Waals surface area contributed by atoms with Crippen LogP contribution in [-0.2, 0) is 12.1 Å². The first-order valence-electron chi connectivity index (χ1n) is 9.49. The summed E-state index contributed by atoms with van der Waals surface area (Å²) in [6, 6.07) is 12.4. The molecule has 0 bridgehead atoms. The Morgan fingerprint density at radius 1 is 1.07 bits per heavy atom. The van der Waals surface area contributed by atoms with Crippen LogP contribution < -0.4 is 5.32 Å². The van der Waals surface area contributed by atoms with E-state index in [1.54, 1.807) is 0 Å². The van der Waals surface area contributed by atoms with Crippen molar-refractivity contribution in [1.82, 2.24) is 24.8 Å². The van der Waals surface area contributed by atoms with Crippen LogP contribution in [0.25, 0.3) is 0 Å². The second-order valence-electron chi connectivity index (χ2n) is 8.13. The molecule has 1 saturated heterocycles. The van der Waals surface area contributed by atoms with Crippen LogP contribution in [0, 0.1) is 0 Å². The zero-order chi connectivity index (χ0) is 19.7. The molecule has 1 aliphatic rings. The molecule has 0 aliphatic carbocycles. The summed E-state index contributed by atoms with van der Waals surface area (Å²) in [5, 5.41) is 4.26. The van der Waals surface area contributed by atoms with E-state index in [9.17, 15) is 0 Å². The van der Waals surface area contributed by atoms with Crippen LogP contribution in [0.2, 0.25) is 0 Å². The average molecular weight is 392 g/mol. The molecule has 3 aromatic rings. The fourth-order valence-corrected chi connectivity index (χ4v) is 3.93. The van der Waals surface area contributed by atoms with Gasteiger partial charge < -0.3 is 14.8 Å². The van der Waals surface area contributed by atoms with E-state index in [1.165, 1.54) is 11.1 Å². The van der Waals surface area contributed by atoms with Crippen LogP contribution in [-0.4, -0.2) is 24.5 Å². The Labute approximate surface area is 171 Å². The Hall–Kier alpha value is -2.73. The molecule has 5 nitrogen and oxygen atoms in total. The largest absolute Gasteiger partial charge is 0.352 e. The van der Waals surface area contributed by atoms with E-state index >= 15 is 0 Å². The Morgan fingerprint density at radius 2 is 1.86 bits per heavy atom. The third-order valence-corrected chi connectivity index (χ3v) is 5.48. The maximum absolute atomic E-state index is 5.74. The first-order valence-corrected chi connectivity index (χ1v) is 9.89. The normalized spacial score (nSPS) is 19.7. The van der Waals surface area contributed by atoms with E-state index in [2.05, 4.69) is 70.0 Å².